The second-order valence-corrected chi connectivity index (χ2v) is 8.13. The molecule has 0 bridgehead atoms. The van der Waals surface area contributed by atoms with Crippen LogP contribution in [0.1, 0.15) is 121 Å². The average molecular weight is 420 g/mol. The van der Waals surface area contributed by atoms with Crippen molar-refractivity contribution < 1.29 is 14.3 Å². The SMILES string of the molecule is CCCCCCCCCCCCCCCC(=O)c1c(OCC)ccc(OCC)c1N. The van der Waals surface area contributed by atoms with Crippen LogP contribution in [0.2, 0.25) is 0 Å². The van der Waals surface area contributed by atoms with E-state index < -0.39 is 0 Å². The van der Waals surface area contributed by atoms with E-state index in [-0.39, 0.29) is 5.78 Å². The van der Waals surface area contributed by atoms with E-state index in [1.165, 1.54) is 70.6 Å². The van der Waals surface area contributed by atoms with E-state index in [4.69, 9.17) is 15.2 Å². The number of carbonyl (C=O) groups excluding carboxylic acids is 1. The van der Waals surface area contributed by atoms with Crippen molar-refractivity contribution in [2.24, 2.45) is 0 Å². The Balaban J connectivity index is 2.25. The topological polar surface area (TPSA) is 61.5 Å². The van der Waals surface area contributed by atoms with E-state index in [0.717, 1.165) is 12.8 Å². The number of nitrogen functional groups attached to an aromatic ring is 1. The lowest BCUT2D eigenvalue weighted by Gasteiger charge is -2.15. The third-order valence-corrected chi connectivity index (χ3v) is 5.55. The van der Waals surface area contributed by atoms with Crippen LogP contribution in [0.5, 0.6) is 11.5 Å². The lowest BCUT2D eigenvalue weighted by Crippen LogP contribution is -2.09. The summed E-state index contributed by atoms with van der Waals surface area (Å²) in [5, 5.41) is 0. The number of hydrogen-bond donors (Lipinski definition) is 1. The molecule has 4 nitrogen and oxygen atoms in total. The monoisotopic (exact) mass is 419 g/mol. The lowest BCUT2D eigenvalue weighted by atomic mass is 10.00. The maximum atomic E-state index is 12.8. The number of hydrogen-bond acceptors (Lipinski definition) is 4. The highest BCUT2D eigenvalue weighted by Crippen LogP contribution is 2.34. The van der Waals surface area contributed by atoms with Crippen LogP contribution >= 0.6 is 0 Å². The Morgan fingerprint density at radius 3 is 1.63 bits per heavy atom. The summed E-state index contributed by atoms with van der Waals surface area (Å²) in [7, 11) is 0. The zero-order chi connectivity index (χ0) is 22.0. The number of rotatable bonds is 19. The van der Waals surface area contributed by atoms with Gasteiger partial charge in [0.05, 0.1) is 24.5 Å². The zero-order valence-corrected chi connectivity index (χ0v) is 19.8. The van der Waals surface area contributed by atoms with Crippen LogP contribution in [0, 0.1) is 0 Å². The summed E-state index contributed by atoms with van der Waals surface area (Å²) in [4.78, 5) is 12.8. The van der Waals surface area contributed by atoms with Crippen molar-refractivity contribution in [3.63, 3.8) is 0 Å². The van der Waals surface area contributed by atoms with Crippen LogP contribution in [-0.4, -0.2) is 19.0 Å². The van der Waals surface area contributed by atoms with Gasteiger partial charge in [0.25, 0.3) is 0 Å². The average Bonchev–Trinajstić information content (AvgIpc) is 2.73. The second kappa shape index (κ2) is 17.0. The van der Waals surface area contributed by atoms with Crippen molar-refractivity contribution in [3.8, 4) is 11.5 Å². The maximum Gasteiger partial charge on any atom is 0.168 e. The van der Waals surface area contributed by atoms with Gasteiger partial charge in [-0.05, 0) is 32.4 Å². The van der Waals surface area contributed by atoms with Crippen molar-refractivity contribution in [1.29, 1.82) is 0 Å². The number of anilines is 1. The number of benzene rings is 1. The van der Waals surface area contributed by atoms with Crippen LogP contribution in [0.3, 0.4) is 0 Å². The van der Waals surface area contributed by atoms with Gasteiger partial charge in [-0.1, -0.05) is 84.0 Å². The third kappa shape index (κ3) is 10.4. The molecule has 0 heterocycles. The Morgan fingerprint density at radius 1 is 0.700 bits per heavy atom. The van der Waals surface area contributed by atoms with Gasteiger partial charge in [0.1, 0.15) is 11.5 Å². The fraction of sp³-hybridized carbons (Fsp3) is 0.731. The van der Waals surface area contributed by atoms with E-state index in [1.54, 1.807) is 12.1 Å². The van der Waals surface area contributed by atoms with E-state index in [1.807, 2.05) is 13.8 Å². The molecule has 0 aliphatic carbocycles. The molecule has 0 aliphatic heterocycles. The van der Waals surface area contributed by atoms with Gasteiger partial charge in [0.15, 0.2) is 5.78 Å². The van der Waals surface area contributed by atoms with Gasteiger partial charge in [-0.25, -0.2) is 0 Å². The fourth-order valence-corrected chi connectivity index (χ4v) is 3.85. The molecule has 0 spiro atoms. The quantitative estimate of drug-likeness (QED) is 0.141. The predicted octanol–water partition coefficient (Wildman–Crippen LogP) is 7.73. The molecule has 1 rings (SSSR count). The van der Waals surface area contributed by atoms with Crippen molar-refractivity contribution in [1.82, 2.24) is 0 Å². The Kier molecular flexibility index (Phi) is 14.9. The Labute approximate surface area is 184 Å². The first-order valence-corrected chi connectivity index (χ1v) is 12.4. The van der Waals surface area contributed by atoms with Gasteiger partial charge >= 0.3 is 0 Å². The first-order valence-electron chi connectivity index (χ1n) is 12.4. The molecule has 0 aliphatic rings. The Hall–Kier alpha value is -1.71. The number of Topliss-reactive ketones (excluding diaryl/α,β-unsaturated/α-hetero) is 1. The molecule has 0 unspecified atom stereocenters. The zero-order valence-electron chi connectivity index (χ0n) is 19.8. The molecule has 4 heteroatoms. The van der Waals surface area contributed by atoms with Crippen molar-refractivity contribution in [2.45, 2.75) is 111 Å². The number of carbonyl (C=O) groups is 1. The van der Waals surface area contributed by atoms with Gasteiger partial charge < -0.3 is 15.2 Å². The molecule has 0 aromatic heterocycles. The van der Waals surface area contributed by atoms with Gasteiger partial charge in [-0.15, -0.1) is 0 Å². The summed E-state index contributed by atoms with van der Waals surface area (Å²) in [6.45, 7) is 7.11. The standard InChI is InChI=1S/C26H45NO3/c1-4-7-8-9-10-11-12-13-14-15-16-17-18-19-22(28)25-23(29-5-2)20-21-24(26(25)27)30-6-3/h20-21H,4-19,27H2,1-3H3. The van der Waals surface area contributed by atoms with Crippen LogP contribution in [0.4, 0.5) is 5.69 Å². The normalized spacial score (nSPS) is 10.9. The Morgan fingerprint density at radius 2 is 1.13 bits per heavy atom. The van der Waals surface area contributed by atoms with Gasteiger partial charge in [0.2, 0.25) is 0 Å². The van der Waals surface area contributed by atoms with E-state index in [0.29, 0.717) is 42.4 Å². The number of unbranched alkanes of at least 4 members (excludes halogenated alkanes) is 12. The minimum absolute atomic E-state index is 0.0561. The molecule has 30 heavy (non-hydrogen) atoms. The highest BCUT2D eigenvalue weighted by Gasteiger charge is 2.19. The smallest absolute Gasteiger partial charge is 0.168 e. The molecule has 0 radical (unpaired) electrons. The van der Waals surface area contributed by atoms with Gasteiger partial charge in [-0.3, -0.25) is 4.79 Å². The molecule has 1 aromatic rings. The summed E-state index contributed by atoms with van der Waals surface area (Å²) in [6.07, 6.45) is 17.4. The molecule has 1 aromatic carbocycles. The van der Waals surface area contributed by atoms with Crippen molar-refractivity contribution in [3.05, 3.63) is 17.7 Å². The highest BCUT2D eigenvalue weighted by atomic mass is 16.5. The predicted molar refractivity (Wildman–Crippen MR) is 128 cm³/mol. The van der Waals surface area contributed by atoms with Crippen LogP contribution < -0.4 is 15.2 Å². The summed E-state index contributed by atoms with van der Waals surface area (Å²) in [5.41, 5.74) is 7.11. The summed E-state index contributed by atoms with van der Waals surface area (Å²) in [5.74, 6) is 1.19. The molecule has 0 amide bonds. The minimum atomic E-state index is 0.0561. The fourth-order valence-electron chi connectivity index (χ4n) is 3.85. The molecular formula is C26H45NO3. The molecule has 172 valence electrons. The molecule has 0 fully saturated rings. The van der Waals surface area contributed by atoms with Gasteiger partial charge in [0, 0.05) is 6.42 Å². The summed E-state index contributed by atoms with van der Waals surface area (Å²) in [6, 6.07) is 3.58. The van der Waals surface area contributed by atoms with Crippen LogP contribution in [0.15, 0.2) is 12.1 Å². The summed E-state index contributed by atoms with van der Waals surface area (Å²) < 4.78 is 11.2. The first kappa shape index (κ1) is 26.3. The van der Waals surface area contributed by atoms with Crippen molar-refractivity contribution >= 4 is 11.5 Å². The largest absolute Gasteiger partial charge is 0.493 e. The third-order valence-electron chi connectivity index (χ3n) is 5.55. The summed E-state index contributed by atoms with van der Waals surface area (Å²) >= 11 is 0. The molecular weight excluding hydrogens is 374 g/mol. The molecule has 2 N–H and O–H groups in total. The first-order chi connectivity index (χ1) is 14.7. The number of ether oxygens (including phenoxy) is 2. The second-order valence-electron chi connectivity index (χ2n) is 8.13. The van der Waals surface area contributed by atoms with Gasteiger partial charge in [-0.2, -0.15) is 0 Å². The minimum Gasteiger partial charge on any atom is -0.493 e. The number of ketones is 1. The molecule has 0 saturated carbocycles. The van der Waals surface area contributed by atoms with Crippen LogP contribution in [-0.2, 0) is 0 Å². The molecule has 0 saturated heterocycles. The lowest BCUT2D eigenvalue weighted by molar-refractivity contribution is 0.0976. The van der Waals surface area contributed by atoms with E-state index >= 15 is 0 Å². The van der Waals surface area contributed by atoms with E-state index in [2.05, 4.69) is 6.92 Å². The molecule has 0 atom stereocenters. The maximum absolute atomic E-state index is 12.8. The van der Waals surface area contributed by atoms with Crippen LogP contribution in [0.25, 0.3) is 0 Å². The number of nitrogens with two attached hydrogens (primary N) is 1. The highest BCUT2D eigenvalue weighted by molar-refractivity contribution is 6.04. The van der Waals surface area contributed by atoms with Crippen molar-refractivity contribution in [2.75, 3.05) is 18.9 Å². The Bertz CT molecular complexity index is 586. The van der Waals surface area contributed by atoms with E-state index in [9.17, 15) is 4.79 Å².